The normalized spacial score (nSPS) is 11.1. The van der Waals surface area contributed by atoms with Crippen LogP contribution in [-0.4, -0.2) is 21.6 Å². The van der Waals surface area contributed by atoms with E-state index >= 15 is 0 Å². The molecule has 118 valence electrons. The van der Waals surface area contributed by atoms with Crippen LogP contribution >= 0.6 is 0 Å². The topological polar surface area (TPSA) is 42.2 Å². The molecular formula is C18H18FN3O. The van der Waals surface area contributed by atoms with Crippen molar-refractivity contribution in [3.63, 3.8) is 0 Å². The fourth-order valence-electron chi connectivity index (χ4n) is 2.35. The molecule has 0 amide bonds. The van der Waals surface area contributed by atoms with Crippen LogP contribution in [0.1, 0.15) is 18.4 Å². The molecule has 23 heavy (non-hydrogen) atoms. The largest absolute Gasteiger partial charge is 0.338 e. The van der Waals surface area contributed by atoms with Crippen molar-refractivity contribution in [3.05, 3.63) is 71.9 Å². The lowest BCUT2D eigenvalue weighted by molar-refractivity contribution is 0.229. The molecule has 4 nitrogen and oxygen atoms in total. The van der Waals surface area contributed by atoms with E-state index in [1.807, 2.05) is 18.2 Å². The average molecular weight is 311 g/mol. The van der Waals surface area contributed by atoms with Crippen molar-refractivity contribution in [2.24, 2.45) is 0 Å². The van der Waals surface area contributed by atoms with Gasteiger partial charge in [-0.1, -0.05) is 42.4 Å². The Bertz CT molecular complexity index is 740. The Hall–Kier alpha value is -2.53. The Kier molecular flexibility index (Phi) is 4.78. The van der Waals surface area contributed by atoms with Gasteiger partial charge in [0.15, 0.2) is 0 Å². The molecule has 0 bridgehead atoms. The Morgan fingerprint density at radius 3 is 2.43 bits per heavy atom. The SMILES string of the molecule is CCN(Cc1ccccc1)Cc1nc(-c2ccc(F)cc2)no1. The minimum Gasteiger partial charge on any atom is -0.338 e. The molecule has 0 saturated heterocycles. The molecule has 0 aliphatic carbocycles. The molecule has 0 unspecified atom stereocenters. The fraction of sp³-hybridized carbons (Fsp3) is 0.222. The third kappa shape index (κ3) is 4.02. The van der Waals surface area contributed by atoms with Gasteiger partial charge in [0.2, 0.25) is 11.7 Å². The Balaban J connectivity index is 1.68. The lowest BCUT2D eigenvalue weighted by atomic mass is 10.2. The van der Waals surface area contributed by atoms with Crippen LogP contribution in [0.4, 0.5) is 4.39 Å². The van der Waals surface area contributed by atoms with Crippen molar-refractivity contribution in [3.8, 4) is 11.4 Å². The first-order valence-electron chi connectivity index (χ1n) is 7.59. The number of aromatic nitrogens is 2. The van der Waals surface area contributed by atoms with Gasteiger partial charge in [-0.15, -0.1) is 0 Å². The molecular weight excluding hydrogens is 293 g/mol. The first-order valence-corrected chi connectivity index (χ1v) is 7.59. The number of hydrogen-bond acceptors (Lipinski definition) is 4. The predicted molar refractivity (Wildman–Crippen MR) is 85.9 cm³/mol. The highest BCUT2D eigenvalue weighted by Gasteiger charge is 2.12. The van der Waals surface area contributed by atoms with Crippen molar-refractivity contribution in [1.29, 1.82) is 0 Å². The van der Waals surface area contributed by atoms with Crippen LogP contribution in [0.25, 0.3) is 11.4 Å². The summed E-state index contributed by atoms with van der Waals surface area (Å²) in [7, 11) is 0. The summed E-state index contributed by atoms with van der Waals surface area (Å²) in [6, 6.07) is 16.3. The molecule has 0 aliphatic rings. The van der Waals surface area contributed by atoms with Crippen LogP contribution in [0.15, 0.2) is 59.1 Å². The number of rotatable bonds is 6. The third-order valence-electron chi connectivity index (χ3n) is 3.63. The van der Waals surface area contributed by atoms with Gasteiger partial charge in [-0.3, -0.25) is 4.90 Å². The highest BCUT2D eigenvalue weighted by molar-refractivity contribution is 5.53. The molecule has 5 heteroatoms. The summed E-state index contributed by atoms with van der Waals surface area (Å²) in [4.78, 5) is 6.62. The van der Waals surface area contributed by atoms with Gasteiger partial charge in [-0.05, 0) is 36.4 Å². The monoisotopic (exact) mass is 311 g/mol. The molecule has 3 rings (SSSR count). The summed E-state index contributed by atoms with van der Waals surface area (Å²) in [5.74, 6) is 0.760. The van der Waals surface area contributed by atoms with Gasteiger partial charge in [0, 0.05) is 12.1 Å². The lowest BCUT2D eigenvalue weighted by Gasteiger charge is -2.18. The molecule has 1 heterocycles. The van der Waals surface area contributed by atoms with Gasteiger partial charge in [0.05, 0.1) is 6.54 Å². The zero-order valence-electron chi connectivity index (χ0n) is 12.9. The zero-order chi connectivity index (χ0) is 16.1. The van der Waals surface area contributed by atoms with Crippen LogP contribution in [0.3, 0.4) is 0 Å². The quantitative estimate of drug-likeness (QED) is 0.692. The predicted octanol–water partition coefficient (Wildman–Crippen LogP) is 3.90. The maximum Gasteiger partial charge on any atom is 0.241 e. The van der Waals surface area contributed by atoms with Gasteiger partial charge < -0.3 is 4.52 Å². The summed E-state index contributed by atoms with van der Waals surface area (Å²) in [6.07, 6.45) is 0. The summed E-state index contributed by atoms with van der Waals surface area (Å²) >= 11 is 0. The van der Waals surface area contributed by atoms with E-state index in [0.29, 0.717) is 18.3 Å². The summed E-state index contributed by atoms with van der Waals surface area (Å²) < 4.78 is 18.3. The van der Waals surface area contributed by atoms with Crippen molar-refractivity contribution in [2.75, 3.05) is 6.54 Å². The van der Waals surface area contributed by atoms with Gasteiger partial charge in [-0.2, -0.15) is 4.98 Å². The second-order valence-corrected chi connectivity index (χ2v) is 5.31. The van der Waals surface area contributed by atoms with Gasteiger partial charge >= 0.3 is 0 Å². The molecule has 3 aromatic rings. The fourth-order valence-corrected chi connectivity index (χ4v) is 2.35. The molecule has 1 aromatic heterocycles. The molecule has 0 atom stereocenters. The minimum atomic E-state index is -0.280. The van der Waals surface area contributed by atoms with Crippen molar-refractivity contribution in [2.45, 2.75) is 20.0 Å². The average Bonchev–Trinajstić information content (AvgIpc) is 3.04. The summed E-state index contributed by atoms with van der Waals surface area (Å²) in [6.45, 7) is 4.38. The maximum absolute atomic E-state index is 13.0. The second kappa shape index (κ2) is 7.15. The Morgan fingerprint density at radius 1 is 1.00 bits per heavy atom. The van der Waals surface area contributed by atoms with E-state index in [2.05, 4.69) is 34.1 Å². The molecule has 0 radical (unpaired) electrons. The van der Waals surface area contributed by atoms with E-state index in [1.54, 1.807) is 12.1 Å². The number of halogens is 1. The molecule has 0 fully saturated rings. The molecule has 0 aliphatic heterocycles. The standard InChI is InChI=1S/C18H18FN3O/c1-2-22(12-14-6-4-3-5-7-14)13-17-20-18(21-23-17)15-8-10-16(19)11-9-15/h3-11H,2,12-13H2,1H3. The Labute approximate surface area is 134 Å². The summed E-state index contributed by atoms with van der Waals surface area (Å²) in [5.41, 5.74) is 1.99. The first kappa shape index (κ1) is 15.4. The lowest BCUT2D eigenvalue weighted by Crippen LogP contribution is -2.22. The van der Waals surface area contributed by atoms with Crippen LogP contribution in [0, 0.1) is 5.82 Å². The highest BCUT2D eigenvalue weighted by atomic mass is 19.1. The van der Waals surface area contributed by atoms with E-state index in [4.69, 9.17) is 4.52 Å². The van der Waals surface area contributed by atoms with E-state index in [0.717, 1.165) is 18.7 Å². The smallest absolute Gasteiger partial charge is 0.241 e. The van der Waals surface area contributed by atoms with Crippen LogP contribution in [0.5, 0.6) is 0 Å². The first-order chi connectivity index (χ1) is 11.2. The highest BCUT2D eigenvalue weighted by Crippen LogP contribution is 2.17. The van der Waals surface area contributed by atoms with E-state index in [9.17, 15) is 4.39 Å². The maximum atomic E-state index is 13.0. The van der Waals surface area contributed by atoms with Crippen molar-refractivity contribution in [1.82, 2.24) is 15.0 Å². The number of nitrogens with zero attached hydrogens (tertiary/aromatic N) is 3. The van der Waals surface area contributed by atoms with Gasteiger partial charge in [-0.25, -0.2) is 4.39 Å². The zero-order valence-corrected chi connectivity index (χ0v) is 12.9. The molecule has 0 spiro atoms. The molecule has 2 aromatic carbocycles. The molecule has 0 N–H and O–H groups in total. The van der Waals surface area contributed by atoms with Crippen LogP contribution in [-0.2, 0) is 13.1 Å². The van der Waals surface area contributed by atoms with Crippen LogP contribution in [0.2, 0.25) is 0 Å². The second-order valence-electron chi connectivity index (χ2n) is 5.31. The van der Waals surface area contributed by atoms with Crippen molar-refractivity contribution < 1.29 is 8.91 Å². The van der Waals surface area contributed by atoms with E-state index in [1.165, 1.54) is 17.7 Å². The molecule has 0 saturated carbocycles. The van der Waals surface area contributed by atoms with Crippen LogP contribution < -0.4 is 0 Å². The number of hydrogen-bond donors (Lipinski definition) is 0. The van der Waals surface area contributed by atoms with Gasteiger partial charge in [0.25, 0.3) is 0 Å². The number of benzene rings is 2. The van der Waals surface area contributed by atoms with Crippen molar-refractivity contribution >= 4 is 0 Å². The van der Waals surface area contributed by atoms with E-state index in [-0.39, 0.29) is 5.82 Å². The summed E-state index contributed by atoms with van der Waals surface area (Å²) in [5, 5.41) is 3.98. The third-order valence-corrected chi connectivity index (χ3v) is 3.63. The van der Waals surface area contributed by atoms with E-state index < -0.39 is 0 Å². The van der Waals surface area contributed by atoms with Gasteiger partial charge in [0.1, 0.15) is 5.82 Å². The Morgan fingerprint density at radius 2 is 1.74 bits per heavy atom. The minimum absolute atomic E-state index is 0.280.